The Morgan fingerprint density at radius 1 is 1.06 bits per heavy atom. The fourth-order valence-electron chi connectivity index (χ4n) is 4.28. The molecule has 0 saturated carbocycles. The molecule has 1 fully saturated rings. The van der Waals surface area contributed by atoms with Gasteiger partial charge in [0, 0.05) is 12.2 Å². The van der Waals surface area contributed by atoms with Crippen LogP contribution in [0.15, 0.2) is 54.6 Å². The van der Waals surface area contributed by atoms with Gasteiger partial charge in [-0.25, -0.2) is 4.39 Å². The molecule has 1 aliphatic heterocycles. The van der Waals surface area contributed by atoms with E-state index in [9.17, 15) is 9.18 Å². The number of ether oxygens (including phenoxy) is 2. The lowest BCUT2D eigenvalue weighted by Crippen LogP contribution is -2.32. The Morgan fingerprint density at radius 2 is 1.84 bits per heavy atom. The number of benzene rings is 2. The van der Waals surface area contributed by atoms with E-state index in [1.807, 2.05) is 42.2 Å². The summed E-state index contributed by atoms with van der Waals surface area (Å²) >= 11 is 0. The number of halogens is 1. The minimum absolute atomic E-state index is 0.0219. The monoisotopic (exact) mass is 434 g/mol. The topological polar surface area (TPSA) is 51.7 Å². The van der Waals surface area contributed by atoms with Crippen LogP contribution >= 0.6 is 0 Å². The van der Waals surface area contributed by atoms with Crippen molar-refractivity contribution in [3.05, 3.63) is 77.4 Å². The van der Waals surface area contributed by atoms with Crippen molar-refractivity contribution >= 4 is 5.91 Å². The molecule has 0 radical (unpaired) electrons. The number of carbonyl (C=O) groups excluding carboxylic acids is 1. The van der Waals surface area contributed by atoms with Crippen molar-refractivity contribution < 1.29 is 18.7 Å². The predicted octanol–water partition coefficient (Wildman–Crippen LogP) is 5.12. The highest BCUT2D eigenvalue weighted by Gasteiger charge is 2.31. The van der Waals surface area contributed by atoms with Crippen LogP contribution in [-0.4, -0.2) is 36.6 Å². The maximum absolute atomic E-state index is 14.0. The highest BCUT2D eigenvalue weighted by Crippen LogP contribution is 2.34. The number of hydrogen-bond donors (Lipinski definition) is 0. The number of carbonyl (C=O) groups is 1. The Morgan fingerprint density at radius 3 is 2.53 bits per heavy atom. The highest BCUT2D eigenvalue weighted by molar-refractivity contribution is 5.79. The van der Waals surface area contributed by atoms with Crippen LogP contribution in [0.3, 0.4) is 0 Å². The molecule has 1 atom stereocenters. The number of pyridine rings is 1. The molecule has 0 unspecified atom stereocenters. The van der Waals surface area contributed by atoms with Crippen LogP contribution in [0.4, 0.5) is 4.39 Å². The summed E-state index contributed by atoms with van der Waals surface area (Å²) in [5.74, 6) is 0.504. The Balaban J connectivity index is 1.56. The van der Waals surface area contributed by atoms with E-state index in [0.717, 1.165) is 41.1 Å². The molecule has 6 heteroatoms. The zero-order valence-electron chi connectivity index (χ0n) is 18.6. The van der Waals surface area contributed by atoms with Crippen molar-refractivity contribution in [2.75, 3.05) is 20.8 Å². The average molecular weight is 435 g/mol. The van der Waals surface area contributed by atoms with Crippen LogP contribution < -0.4 is 9.47 Å². The van der Waals surface area contributed by atoms with Gasteiger partial charge in [-0.3, -0.25) is 9.78 Å². The van der Waals surface area contributed by atoms with Gasteiger partial charge < -0.3 is 14.4 Å². The third kappa shape index (κ3) is 4.59. The maximum atomic E-state index is 14.0. The Labute approximate surface area is 187 Å². The molecule has 1 aliphatic rings. The standard InChI is InChI=1S/C26H27FN2O3/c1-17-13-20(19-7-9-21(31-2)10-8-19)16-23(28-17)24-5-4-12-29(24)26(30)15-18-6-11-25(32-3)22(27)14-18/h6-11,13-14,16,24H,4-5,12,15H2,1-3H3/t24-/m1/s1. The van der Waals surface area contributed by atoms with Gasteiger partial charge in [-0.2, -0.15) is 0 Å². The summed E-state index contributed by atoms with van der Waals surface area (Å²) in [5.41, 5.74) is 4.57. The van der Waals surface area contributed by atoms with Crippen molar-refractivity contribution in [3.8, 4) is 22.6 Å². The second-order valence-electron chi connectivity index (χ2n) is 8.04. The van der Waals surface area contributed by atoms with E-state index in [-0.39, 0.29) is 24.1 Å². The number of likely N-dealkylation sites (tertiary alicyclic amines) is 1. The molecule has 2 heterocycles. The van der Waals surface area contributed by atoms with Crippen LogP contribution in [-0.2, 0) is 11.2 Å². The maximum Gasteiger partial charge on any atom is 0.227 e. The van der Waals surface area contributed by atoms with Gasteiger partial charge in [-0.15, -0.1) is 0 Å². The second-order valence-corrected chi connectivity index (χ2v) is 8.04. The van der Waals surface area contributed by atoms with Crippen molar-refractivity contribution in [1.82, 2.24) is 9.88 Å². The zero-order chi connectivity index (χ0) is 22.7. The molecule has 5 nitrogen and oxygen atoms in total. The van der Waals surface area contributed by atoms with Crippen LogP contribution in [0.2, 0.25) is 0 Å². The summed E-state index contributed by atoms with van der Waals surface area (Å²) in [6.07, 6.45) is 1.93. The number of amides is 1. The van der Waals surface area contributed by atoms with E-state index < -0.39 is 5.82 Å². The van der Waals surface area contributed by atoms with Crippen LogP contribution in [0.1, 0.15) is 35.8 Å². The van der Waals surface area contributed by atoms with Gasteiger partial charge in [-0.05, 0) is 72.9 Å². The van der Waals surface area contributed by atoms with Gasteiger partial charge >= 0.3 is 0 Å². The summed E-state index contributed by atoms with van der Waals surface area (Å²) in [6, 6.07) is 16.6. The SMILES string of the molecule is COc1ccc(-c2cc(C)nc([C@H]3CCCN3C(=O)Cc3ccc(OC)c(F)c3)c2)cc1. The van der Waals surface area contributed by atoms with Gasteiger partial charge in [0.2, 0.25) is 5.91 Å². The van der Waals surface area contributed by atoms with E-state index in [2.05, 4.69) is 6.07 Å². The molecular weight excluding hydrogens is 407 g/mol. The molecule has 1 amide bonds. The van der Waals surface area contributed by atoms with E-state index in [0.29, 0.717) is 12.1 Å². The lowest BCUT2D eigenvalue weighted by atomic mass is 10.0. The molecule has 1 saturated heterocycles. The molecule has 0 spiro atoms. The average Bonchev–Trinajstić information content (AvgIpc) is 3.29. The summed E-state index contributed by atoms with van der Waals surface area (Å²) in [5, 5.41) is 0. The first-order valence-corrected chi connectivity index (χ1v) is 10.7. The smallest absolute Gasteiger partial charge is 0.227 e. The minimum atomic E-state index is -0.458. The molecule has 1 aromatic heterocycles. The van der Waals surface area contributed by atoms with Gasteiger partial charge in [-0.1, -0.05) is 18.2 Å². The van der Waals surface area contributed by atoms with E-state index >= 15 is 0 Å². The molecular formula is C26H27FN2O3. The van der Waals surface area contributed by atoms with Crippen molar-refractivity contribution in [2.45, 2.75) is 32.2 Å². The molecule has 0 aliphatic carbocycles. The first-order valence-electron chi connectivity index (χ1n) is 10.7. The first-order chi connectivity index (χ1) is 15.5. The molecule has 0 N–H and O–H groups in total. The van der Waals surface area contributed by atoms with E-state index in [1.54, 1.807) is 19.2 Å². The number of rotatable bonds is 6. The first kappa shape index (κ1) is 21.8. The summed E-state index contributed by atoms with van der Waals surface area (Å²) in [7, 11) is 3.07. The Hall–Kier alpha value is -3.41. The molecule has 32 heavy (non-hydrogen) atoms. The molecule has 166 valence electrons. The van der Waals surface area contributed by atoms with E-state index in [1.165, 1.54) is 13.2 Å². The summed E-state index contributed by atoms with van der Waals surface area (Å²) in [4.78, 5) is 19.7. The number of aromatic nitrogens is 1. The summed E-state index contributed by atoms with van der Waals surface area (Å²) < 4.78 is 24.3. The van der Waals surface area contributed by atoms with Gasteiger partial charge in [0.05, 0.1) is 32.4 Å². The highest BCUT2D eigenvalue weighted by atomic mass is 19.1. The zero-order valence-corrected chi connectivity index (χ0v) is 18.6. The van der Waals surface area contributed by atoms with Crippen LogP contribution in [0.5, 0.6) is 11.5 Å². The molecule has 0 bridgehead atoms. The summed E-state index contributed by atoms with van der Waals surface area (Å²) in [6.45, 7) is 2.65. The van der Waals surface area contributed by atoms with Crippen LogP contribution in [0.25, 0.3) is 11.1 Å². The molecule has 2 aromatic carbocycles. The Bertz CT molecular complexity index is 1110. The number of methoxy groups -OCH3 is 2. The van der Waals surface area contributed by atoms with Crippen molar-refractivity contribution in [1.29, 1.82) is 0 Å². The fraction of sp³-hybridized carbons (Fsp3) is 0.308. The number of hydrogen-bond acceptors (Lipinski definition) is 4. The number of nitrogens with zero attached hydrogens (tertiary/aromatic N) is 2. The second kappa shape index (κ2) is 9.39. The van der Waals surface area contributed by atoms with Gasteiger partial charge in [0.25, 0.3) is 0 Å². The quantitative estimate of drug-likeness (QED) is 0.540. The van der Waals surface area contributed by atoms with Crippen molar-refractivity contribution in [3.63, 3.8) is 0 Å². The third-order valence-corrected chi connectivity index (χ3v) is 5.88. The van der Waals surface area contributed by atoms with Crippen LogP contribution in [0, 0.1) is 12.7 Å². The Kier molecular flexibility index (Phi) is 6.40. The lowest BCUT2D eigenvalue weighted by molar-refractivity contribution is -0.131. The molecule has 4 rings (SSSR count). The normalized spacial score (nSPS) is 15.6. The minimum Gasteiger partial charge on any atom is -0.497 e. The number of aryl methyl sites for hydroxylation is 1. The third-order valence-electron chi connectivity index (χ3n) is 5.88. The largest absolute Gasteiger partial charge is 0.497 e. The van der Waals surface area contributed by atoms with E-state index in [4.69, 9.17) is 14.5 Å². The van der Waals surface area contributed by atoms with Gasteiger partial charge in [0.15, 0.2) is 11.6 Å². The lowest BCUT2D eigenvalue weighted by Gasteiger charge is -2.25. The predicted molar refractivity (Wildman–Crippen MR) is 121 cm³/mol. The van der Waals surface area contributed by atoms with Crippen molar-refractivity contribution in [2.24, 2.45) is 0 Å². The molecule has 3 aromatic rings. The van der Waals surface area contributed by atoms with Gasteiger partial charge in [0.1, 0.15) is 5.75 Å². The fourth-order valence-corrected chi connectivity index (χ4v) is 4.28.